The third kappa shape index (κ3) is 6.36. The van der Waals surface area contributed by atoms with E-state index in [0.717, 1.165) is 22.5 Å². The number of rotatable bonds is 9. The summed E-state index contributed by atoms with van der Waals surface area (Å²) in [6, 6.07) is 9.48. The molecule has 0 radical (unpaired) electrons. The lowest BCUT2D eigenvalue weighted by Gasteiger charge is -2.26. The number of ether oxygens (including phenoxy) is 1. The highest BCUT2D eigenvalue weighted by Gasteiger charge is 2.34. The number of alkyl halides is 3. The van der Waals surface area contributed by atoms with E-state index in [1.165, 1.54) is 19.2 Å². The summed E-state index contributed by atoms with van der Waals surface area (Å²) in [6.07, 6.45) is -4.02. The molecule has 0 aliphatic rings. The second-order valence-corrected chi connectivity index (χ2v) is 9.10. The maximum atomic E-state index is 13.3. The molecule has 0 heterocycles. The van der Waals surface area contributed by atoms with E-state index in [1.54, 1.807) is 12.1 Å². The summed E-state index contributed by atoms with van der Waals surface area (Å²) in [5, 5.41) is 2.65. The third-order valence-electron chi connectivity index (χ3n) is 4.43. The number of methoxy groups -OCH3 is 1. The standard InChI is InChI=1S/C21H25F3N2O4S/c1-15(2)11-12-25-20(27)14-26(18-9-4-5-10-19(18)30-3)31(28,29)17-8-6-7-16(13-17)21(22,23)24/h4-10,13,15H,11-12,14H2,1-3H3,(H,25,27). The molecule has 1 N–H and O–H groups in total. The maximum absolute atomic E-state index is 13.3. The minimum Gasteiger partial charge on any atom is -0.495 e. The number of hydrogen-bond donors (Lipinski definition) is 1. The van der Waals surface area contributed by atoms with Gasteiger partial charge in [0.1, 0.15) is 12.3 Å². The van der Waals surface area contributed by atoms with Crippen LogP contribution in [0.1, 0.15) is 25.8 Å². The topological polar surface area (TPSA) is 75.7 Å². The second-order valence-electron chi connectivity index (χ2n) is 7.24. The van der Waals surface area contributed by atoms with Crippen molar-refractivity contribution < 1.29 is 31.1 Å². The van der Waals surface area contributed by atoms with Crippen molar-refractivity contribution >= 4 is 21.6 Å². The first kappa shape index (κ1) is 24.5. The summed E-state index contributed by atoms with van der Waals surface area (Å²) < 4.78 is 72.0. The van der Waals surface area contributed by atoms with Crippen LogP contribution in [0, 0.1) is 5.92 Å². The van der Waals surface area contributed by atoms with Crippen molar-refractivity contribution in [2.45, 2.75) is 31.3 Å². The number of nitrogens with zero attached hydrogens (tertiary/aromatic N) is 1. The predicted molar refractivity (Wildman–Crippen MR) is 111 cm³/mol. The van der Waals surface area contributed by atoms with E-state index in [2.05, 4.69) is 5.32 Å². The largest absolute Gasteiger partial charge is 0.495 e. The van der Waals surface area contributed by atoms with Gasteiger partial charge in [-0.15, -0.1) is 0 Å². The van der Waals surface area contributed by atoms with Gasteiger partial charge in [0.15, 0.2) is 0 Å². The smallest absolute Gasteiger partial charge is 0.416 e. The molecule has 0 unspecified atom stereocenters. The van der Waals surface area contributed by atoms with Crippen LogP contribution in [0.3, 0.4) is 0 Å². The summed E-state index contributed by atoms with van der Waals surface area (Å²) in [5.41, 5.74) is -1.06. The van der Waals surface area contributed by atoms with Crippen LogP contribution < -0.4 is 14.4 Å². The summed E-state index contributed by atoms with van der Waals surface area (Å²) >= 11 is 0. The lowest BCUT2D eigenvalue weighted by atomic mass is 10.1. The molecule has 0 saturated carbocycles. The first-order valence-electron chi connectivity index (χ1n) is 9.56. The van der Waals surface area contributed by atoms with Crippen LogP contribution in [0.15, 0.2) is 53.4 Å². The van der Waals surface area contributed by atoms with Crippen LogP contribution >= 0.6 is 0 Å². The molecule has 10 heteroatoms. The molecule has 6 nitrogen and oxygen atoms in total. The Bertz CT molecular complexity index is 1010. The van der Waals surface area contributed by atoms with Gasteiger partial charge in [0.2, 0.25) is 5.91 Å². The fourth-order valence-corrected chi connectivity index (χ4v) is 4.26. The van der Waals surface area contributed by atoms with Crippen molar-refractivity contribution in [1.82, 2.24) is 5.32 Å². The van der Waals surface area contributed by atoms with E-state index in [1.807, 2.05) is 13.8 Å². The number of carbonyl (C=O) groups is 1. The van der Waals surface area contributed by atoms with E-state index in [9.17, 15) is 26.4 Å². The minimum atomic E-state index is -4.71. The van der Waals surface area contributed by atoms with Gasteiger partial charge in [0, 0.05) is 6.54 Å². The van der Waals surface area contributed by atoms with Gasteiger partial charge in [-0.3, -0.25) is 9.10 Å². The van der Waals surface area contributed by atoms with E-state index < -0.39 is 39.1 Å². The lowest BCUT2D eigenvalue weighted by molar-refractivity contribution is -0.137. The van der Waals surface area contributed by atoms with E-state index in [-0.39, 0.29) is 11.4 Å². The highest BCUT2D eigenvalue weighted by molar-refractivity contribution is 7.92. The number of nitrogens with one attached hydrogen (secondary N) is 1. The first-order valence-corrected chi connectivity index (χ1v) is 11.0. The normalized spacial score (nSPS) is 12.0. The third-order valence-corrected chi connectivity index (χ3v) is 6.19. The number of halogens is 3. The van der Waals surface area contributed by atoms with Gasteiger partial charge in [-0.2, -0.15) is 13.2 Å². The lowest BCUT2D eigenvalue weighted by Crippen LogP contribution is -2.41. The summed E-state index contributed by atoms with van der Waals surface area (Å²) in [7, 11) is -3.18. The minimum absolute atomic E-state index is 0.0430. The number of hydrogen-bond acceptors (Lipinski definition) is 4. The van der Waals surface area contributed by atoms with E-state index in [0.29, 0.717) is 24.9 Å². The SMILES string of the molecule is COc1ccccc1N(CC(=O)NCCC(C)C)S(=O)(=O)c1cccc(C(F)(F)F)c1. The Morgan fingerprint density at radius 3 is 2.42 bits per heavy atom. The molecule has 0 atom stereocenters. The molecule has 2 aromatic carbocycles. The number of carbonyl (C=O) groups excluding carboxylic acids is 1. The van der Waals surface area contributed by atoms with Crippen molar-refractivity contribution in [1.29, 1.82) is 0 Å². The number of benzene rings is 2. The zero-order chi connectivity index (χ0) is 23.2. The first-order chi connectivity index (χ1) is 14.5. The number of sulfonamides is 1. The van der Waals surface area contributed by atoms with Gasteiger partial charge in [0.05, 0.1) is 23.3 Å². The van der Waals surface area contributed by atoms with Crippen molar-refractivity contribution in [2.24, 2.45) is 5.92 Å². The fraction of sp³-hybridized carbons (Fsp3) is 0.381. The Kier molecular flexibility index (Phi) is 7.94. The van der Waals surface area contributed by atoms with Crippen LogP contribution in [0.5, 0.6) is 5.75 Å². The van der Waals surface area contributed by atoms with Gasteiger partial charge in [-0.25, -0.2) is 8.42 Å². The van der Waals surface area contributed by atoms with E-state index >= 15 is 0 Å². The molecule has 170 valence electrons. The van der Waals surface area contributed by atoms with Crippen LogP contribution in [-0.4, -0.2) is 34.5 Å². The Morgan fingerprint density at radius 2 is 1.81 bits per heavy atom. The van der Waals surface area contributed by atoms with Crippen molar-refractivity contribution in [3.05, 3.63) is 54.1 Å². The molecule has 0 saturated heterocycles. The predicted octanol–water partition coefficient (Wildman–Crippen LogP) is 4.07. The van der Waals surface area contributed by atoms with Crippen molar-refractivity contribution in [3.8, 4) is 5.75 Å². The molecule has 0 bridgehead atoms. The van der Waals surface area contributed by atoms with Gasteiger partial charge >= 0.3 is 6.18 Å². The number of amides is 1. The average molecular weight is 459 g/mol. The monoisotopic (exact) mass is 458 g/mol. The second kappa shape index (κ2) is 10.0. The molecule has 2 rings (SSSR count). The molecule has 0 spiro atoms. The molecule has 0 aliphatic carbocycles. The van der Waals surface area contributed by atoms with E-state index in [4.69, 9.17) is 4.74 Å². The Hall–Kier alpha value is -2.75. The molecule has 2 aromatic rings. The maximum Gasteiger partial charge on any atom is 0.416 e. The zero-order valence-electron chi connectivity index (χ0n) is 17.4. The number of anilines is 1. The zero-order valence-corrected chi connectivity index (χ0v) is 18.3. The van der Waals surface area contributed by atoms with Gasteiger partial charge in [0.25, 0.3) is 10.0 Å². The molecule has 0 fully saturated rings. The molecule has 0 aliphatic heterocycles. The van der Waals surface area contributed by atoms with Gasteiger partial charge < -0.3 is 10.1 Å². The summed E-state index contributed by atoms with van der Waals surface area (Å²) in [5.74, 6) is -0.0883. The Morgan fingerprint density at radius 1 is 1.13 bits per heavy atom. The van der Waals surface area contributed by atoms with Crippen LogP contribution in [0.2, 0.25) is 0 Å². The fourth-order valence-electron chi connectivity index (χ4n) is 2.78. The Balaban J connectivity index is 2.48. The molecule has 31 heavy (non-hydrogen) atoms. The van der Waals surface area contributed by atoms with Crippen LogP contribution in [0.4, 0.5) is 18.9 Å². The molecule has 0 aromatic heterocycles. The average Bonchev–Trinajstić information content (AvgIpc) is 2.71. The molecular formula is C21H25F3N2O4S. The summed E-state index contributed by atoms with van der Waals surface area (Å²) in [6.45, 7) is 3.69. The Labute approximate surface area is 180 Å². The highest BCUT2D eigenvalue weighted by atomic mass is 32.2. The number of para-hydroxylation sites is 2. The van der Waals surface area contributed by atoms with Crippen LogP contribution in [-0.2, 0) is 21.0 Å². The van der Waals surface area contributed by atoms with Crippen molar-refractivity contribution in [3.63, 3.8) is 0 Å². The highest BCUT2D eigenvalue weighted by Crippen LogP contribution is 2.34. The quantitative estimate of drug-likeness (QED) is 0.615. The van der Waals surface area contributed by atoms with Crippen molar-refractivity contribution in [2.75, 3.05) is 24.5 Å². The molecular weight excluding hydrogens is 433 g/mol. The summed E-state index contributed by atoms with van der Waals surface area (Å²) in [4.78, 5) is 11.9. The van der Waals surface area contributed by atoms with Gasteiger partial charge in [-0.05, 0) is 42.7 Å². The molecule has 1 amide bonds. The van der Waals surface area contributed by atoms with Gasteiger partial charge in [-0.1, -0.05) is 32.0 Å². The van der Waals surface area contributed by atoms with Crippen LogP contribution in [0.25, 0.3) is 0 Å².